The van der Waals surface area contributed by atoms with Crippen LogP contribution in [0, 0.1) is 0 Å². The largest absolute Gasteiger partial charge is 0.497 e. The molecule has 1 heterocycles. The van der Waals surface area contributed by atoms with Crippen LogP contribution in [0.4, 0.5) is 0 Å². The van der Waals surface area contributed by atoms with Crippen molar-refractivity contribution < 1.29 is 19.0 Å². The van der Waals surface area contributed by atoms with E-state index in [-0.39, 0.29) is 5.97 Å². The Labute approximate surface area is 87.8 Å². The molecule has 1 atom stereocenters. The van der Waals surface area contributed by atoms with E-state index in [2.05, 4.69) is 0 Å². The SMILES string of the molecule is COC(=O)C1(c2ccc(OC)cc2)CO1. The highest BCUT2D eigenvalue weighted by atomic mass is 16.6. The van der Waals surface area contributed by atoms with E-state index in [1.54, 1.807) is 19.2 Å². The molecule has 0 radical (unpaired) electrons. The Bertz CT molecular complexity index is 365. The molecule has 1 unspecified atom stereocenters. The van der Waals surface area contributed by atoms with Crippen molar-refractivity contribution in [1.29, 1.82) is 0 Å². The summed E-state index contributed by atoms with van der Waals surface area (Å²) >= 11 is 0. The Balaban J connectivity index is 2.26. The molecule has 4 heteroatoms. The smallest absolute Gasteiger partial charge is 0.345 e. The first kappa shape index (κ1) is 9.98. The number of rotatable bonds is 3. The molecule has 1 saturated heterocycles. The van der Waals surface area contributed by atoms with Crippen molar-refractivity contribution in [3.63, 3.8) is 0 Å². The summed E-state index contributed by atoms with van der Waals surface area (Å²) in [6.45, 7) is 0.381. The van der Waals surface area contributed by atoms with Gasteiger partial charge in [-0.05, 0) is 17.7 Å². The zero-order valence-corrected chi connectivity index (χ0v) is 8.65. The first-order valence-corrected chi connectivity index (χ1v) is 4.60. The van der Waals surface area contributed by atoms with Crippen molar-refractivity contribution in [1.82, 2.24) is 0 Å². The summed E-state index contributed by atoms with van der Waals surface area (Å²) in [7, 11) is 2.95. The predicted octanol–water partition coefficient (Wildman–Crippen LogP) is 1.09. The Morgan fingerprint density at radius 3 is 2.33 bits per heavy atom. The van der Waals surface area contributed by atoms with Crippen LogP contribution in [0.1, 0.15) is 5.56 Å². The summed E-state index contributed by atoms with van der Waals surface area (Å²) < 4.78 is 14.9. The molecule has 0 N–H and O–H groups in total. The van der Waals surface area contributed by atoms with Crippen LogP contribution in [-0.2, 0) is 19.9 Å². The molecule has 1 fully saturated rings. The monoisotopic (exact) mass is 208 g/mol. The van der Waals surface area contributed by atoms with E-state index < -0.39 is 5.60 Å². The molecular weight excluding hydrogens is 196 g/mol. The molecule has 0 saturated carbocycles. The van der Waals surface area contributed by atoms with Gasteiger partial charge in [-0.1, -0.05) is 12.1 Å². The van der Waals surface area contributed by atoms with Gasteiger partial charge in [0.05, 0.1) is 20.8 Å². The lowest BCUT2D eigenvalue weighted by Gasteiger charge is -2.09. The van der Waals surface area contributed by atoms with Crippen LogP contribution in [0.5, 0.6) is 5.75 Å². The minimum Gasteiger partial charge on any atom is -0.497 e. The first-order chi connectivity index (χ1) is 7.23. The van der Waals surface area contributed by atoms with Gasteiger partial charge in [0, 0.05) is 0 Å². The fourth-order valence-electron chi connectivity index (χ4n) is 1.50. The molecule has 2 rings (SSSR count). The number of epoxide rings is 1. The fraction of sp³-hybridized carbons (Fsp3) is 0.364. The van der Waals surface area contributed by atoms with E-state index in [9.17, 15) is 4.79 Å². The van der Waals surface area contributed by atoms with Crippen LogP contribution in [-0.4, -0.2) is 26.8 Å². The maximum atomic E-state index is 11.5. The topological polar surface area (TPSA) is 48.1 Å². The molecule has 1 aromatic carbocycles. The van der Waals surface area contributed by atoms with E-state index in [0.717, 1.165) is 11.3 Å². The third kappa shape index (κ3) is 1.57. The molecule has 0 amide bonds. The number of methoxy groups -OCH3 is 2. The lowest BCUT2D eigenvalue weighted by Crippen LogP contribution is -2.23. The van der Waals surface area contributed by atoms with Gasteiger partial charge < -0.3 is 14.2 Å². The second-order valence-corrected chi connectivity index (χ2v) is 3.34. The lowest BCUT2D eigenvalue weighted by molar-refractivity contribution is -0.147. The lowest BCUT2D eigenvalue weighted by atomic mass is 10.0. The first-order valence-electron chi connectivity index (χ1n) is 4.60. The number of benzene rings is 1. The van der Waals surface area contributed by atoms with E-state index in [0.29, 0.717) is 6.61 Å². The standard InChI is InChI=1S/C11H12O4/c1-13-9-5-3-8(4-6-9)11(7-15-11)10(12)14-2/h3-6H,7H2,1-2H3. The van der Waals surface area contributed by atoms with Crippen molar-refractivity contribution in [3.8, 4) is 5.75 Å². The third-order valence-electron chi connectivity index (χ3n) is 2.50. The Hall–Kier alpha value is -1.55. The van der Waals surface area contributed by atoms with Crippen LogP contribution in [0.15, 0.2) is 24.3 Å². The summed E-state index contributed by atoms with van der Waals surface area (Å²) in [6, 6.07) is 7.20. The maximum absolute atomic E-state index is 11.5. The summed E-state index contributed by atoms with van der Waals surface area (Å²) in [5.41, 5.74) is -0.0729. The van der Waals surface area contributed by atoms with Gasteiger partial charge >= 0.3 is 5.97 Å². The summed E-state index contributed by atoms with van der Waals surface area (Å²) in [5.74, 6) is 0.395. The van der Waals surface area contributed by atoms with Crippen molar-refractivity contribution >= 4 is 5.97 Å². The molecule has 1 aliphatic rings. The van der Waals surface area contributed by atoms with Gasteiger partial charge in [0.25, 0.3) is 0 Å². The Morgan fingerprint density at radius 1 is 1.33 bits per heavy atom. The van der Waals surface area contributed by atoms with Gasteiger partial charge in [0.2, 0.25) is 5.60 Å². The van der Waals surface area contributed by atoms with Crippen molar-refractivity contribution in [2.75, 3.05) is 20.8 Å². The highest BCUT2D eigenvalue weighted by Gasteiger charge is 2.55. The predicted molar refractivity (Wildman–Crippen MR) is 52.6 cm³/mol. The van der Waals surface area contributed by atoms with Gasteiger partial charge in [-0.15, -0.1) is 0 Å². The van der Waals surface area contributed by atoms with Gasteiger partial charge in [0.1, 0.15) is 5.75 Å². The summed E-state index contributed by atoms with van der Waals surface area (Å²) in [4.78, 5) is 11.5. The maximum Gasteiger partial charge on any atom is 0.345 e. The van der Waals surface area contributed by atoms with Gasteiger partial charge in [-0.3, -0.25) is 0 Å². The van der Waals surface area contributed by atoms with Crippen LogP contribution >= 0.6 is 0 Å². The highest BCUT2D eigenvalue weighted by molar-refractivity contribution is 5.84. The normalized spacial score (nSPS) is 23.3. The molecule has 15 heavy (non-hydrogen) atoms. The molecular formula is C11H12O4. The summed E-state index contributed by atoms with van der Waals surface area (Å²) in [5, 5.41) is 0. The van der Waals surface area contributed by atoms with Crippen LogP contribution in [0.25, 0.3) is 0 Å². The number of ether oxygens (including phenoxy) is 3. The third-order valence-corrected chi connectivity index (χ3v) is 2.50. The van der Waals surface area contributed by atoms with Crippen LogP contribution < -0.4 is 4.74 Å². The average molecular weight is 208 g/mol. The molecule has 4 nitrogen and oxygen atoms in total. The van der Waals surface area contributed by atoms with E-state index in [1.165, 1.54) is 7.11 Å². The van der Waals surface area contributed by atoms with Crippen LogP contribution in [0.2, 0.25) is 0 Å². The van der Waals surface area contributed by atoms with Gasteiger partial charge in [0.15, 0.2) is 0 Å². The number of carbonyl (C=O) groups is 1. The molecule has 0 bridgehead atoms. The minimum atomic E-state index is -0.874. The fourth-order valence-corrected chi connectivity index (χ4v) is 1.50. The van der Waals surface area contributed by atoms with Crippen molar-refractivity contribution in [3.05, 3.63) is 29.8 Å². The zero-order valence-electron chi connectivity index (χ0n) is 8.65. The van der Waals surface area contributed by atoms with Crippen LogP contribution in [0.3, 0.4) is 0 Å². The Kier molecular flexibility index (Phi) is 2.36. The minimum absolute atomic E-state index is 0.354. The van der Waals surface area contributed by atoms with Gasteiger partial charge in [-0.25, -0.2) is 4.79 Å². The van der Waals surface area contributed by atoms with Gasteiger partial charge in [-0.2, -0.15) is 0 Å². The molecule has 1 aromatic rings. The molecule has 0 spiro atoms. The highest BCUT2D eigenvalue weighted by Crippen LogP contribution is 2.40. The van der Waals surface area contributed by atoms with E-state index in [1.807, 2.05) is 12.1 Å². The number of carbonyl (C=O) groups excluding carboxylic acids is 1. The number of esters is 1. The summed E-state index contributed by atoms with van der Waals surface area (Å²) in [6.07, 6.45) is 0. The van der Waals surface area contributed by atoms with Crippen molar-refractivity contribution in [2.45, 2.75) is 5.60 Å². The Morgan fingerprint density at radius 2 is 1.93 bits per heavy atom. The van der Waals surface area contributed by atoms with E-state index in [4.69, 9.17) is 14.2 Å². The quantitative estimate of drug-likeness (QED) is 0.551. The average Bonchev–Trinajstić information content (AvgIpc) is 3.09. The molecule has 0 aliphatic carbocycles. The van der Waals surface area contributed by atoms with E-state index >= 15 is 0 Å². The second-order valence-electron chi connectivity index (χ2n) is 3.34. The number of hydrogen-bond acceptors (Lipinski definition) is 4. The second kappa shape index (κ2) is 3.55. The zero-order chi connectivity index (χ0) is 10.9. The van der Waals surface area contributed by atoms with Crippen molar-refractivity contribution in [2.24, 2.45) is 0 Å². The molecule has 80 valence electrons. The number of hydrogen-bond donors (Lipinski definition) is 0. The molecule has 1 aliphatic heterocycles. The molecule has 0 aromatic heterocycles.